The Morgan fingerprint density at radius 1 is 0.524 bits per heavy atom. The van der Waals surface area contributed by atoms with Crippen LogP contribution in [0.4, 0.5) is 0 Å². The number of aliphatic hydroxyl groups is 1. The number of carbonyl (C=O) groups excluding carboxylic acids is 4. The van der Waals surface area contributed by atoms with Crippen LogP contribution < -0.4 is 0 Å². The van der Waals surface area contributed by atoms with Crippen molar-refractivity contribution in [2.24, 2.45) is 0 Å². The second-order valence-electron chi connectivity index (χ2n) is 14.9. The van der Waals surface area contributed by atoms with Crippen molar-refractivity contribution < 1.29 is 90.6 Å². The van der Waals surface area contributed by atoms with Crippen LogP contribution in [0, 0.1) is 88.5 Å². The average molecular weight is 1310 g/mol. The third kappa shape index (κ3) is 75.6. The molecule has 0 saturated carbocycles. The molecule has 2 radical (unpaired) electrons. The SMILES string of the molecule is CC.CC.CC.CC#CCBr.CC=O.CCCCC.[C-]#[N+]C(C)(CO)CC(=O)c1ccccc1.[C-]#[N+]C(C)(COCC#CC)CC(=O)c1ccccc1.[C-]#[N+]C(C)(COCC#CC)CC(=O)c1ccccc1.[C-]#[O+].[C-]#[O+].[C-]#[O+].[C-]#[O+].[C-]#[O+].[Co].[Co]. The number of benzene rings is 3. The summed E-state index contributed by atoms with van der Waals surface area (Å²) in [6.45, 7) is 72.8. The van der Waals surface area contributed by atoms with Crippen LogP contribution in [0.25, 0.3) is 14.5 Å². The third-order valence-corrected chi connectivity index (χ3v) is 8.82. The van der Waals surface area contributed by atoms with Crippen LogP contribution in [0.3, 0.4) is 0 Å². The number of rotatable bonds is 18. The molecule has 0 spiro atoms. The topological polar surface area (TPSA) is 220 Å². The van der Waals surface area contributed by atoms with Crippen LogP contribution in [-0.4, -0.2) is 83.7 Å². The second-order valence-corrected chi connectivity index (χ2v) is 15.4. The molecule has 15 nitrogen and oxygen atoms in total. The van der Waals surface area contributed by atoms with Crippen molar-refractivity contribution in [2.75, 3.05) is 38.4 Å². The van der Waals surface area contributed by atoms with E-state index in [4.69, 9.17) is 62.4 Å². The molecule has 18 heteroatoms. The van der Waals surface area contributed by atoms with Gasteiger partial charge in [-0.05, 0) is 27.7 Å². The fraction of sp³-hybridized carbons (Fsp3) is 0.455. The van der Waals surface area contributed by atoms with Gasteiger partial charge < -0.3 is 33.9 Å². The second kappa shape index (κ2) is 93.0. The minimum absolute atomic E-state index is 0. The van der Waals surface area contributed by atoms with Crippen LogP contribution in [0.15, 0.2) is 91.0 Å². The molecular weight excluding hydrogens is 1220 g/mol. The van der Waals surface area contributed by atoms with Gasteiger partial charge in [-0.1, -0.05) is 199 Å². The molecule has 0 bridgehead atoms. The van der Waals surface area contributed by atoms with Crippen molar-refractivity contribution in [3.05, 3.63) is 175 Å². The first-order chi connectivity index (χ1) is 39.6. The molecular formula is C66H86BrCo2N3O12. The summed E-state index contributed by atoms with van der Waals surface area (Å²) in [5.74, 6) is 16.3. The van der Waals surface area contributed by atoms with Gasteiger partial charge in [-0.2, -0.15) is 0 Å². The molecule has 0 aliphatic carbocycles. The molecule has 462 valence electrons. The number of carbonyl (C=O) groups is 4. The summed E-state index contributed by atoms with van der Waals surface area (Å²) in [4.78, 5) is 55.1. The van der Waals surface area contributed by atoms with Crippen molar-refractivity contribution in [3.63, 3.8) is 0 Å². The monoisotopic (exact) mass is 1310 g/mol. The van der Waals surface area contributed by atoms with Crippen LogP contribution in [0.2, 0.25) is 0 Å². The molecule has 3 unspecified atom stereocenters. The first kappa shape index (κ1) is 109. The molecule has 1 N–H and O–H groups in total. The van der Waals surface area contributed by atoms with Crippen LogP contribution in [0.1, 0.15) is 173 Å². The predicted octanol–water partition coefficient (Wildman–Crippen LogP) is 14.6. The quantitative estimate of drug-likeness (QED) is 0.0247. The van der Waals surface area contributed by atoms with Crippen molar-refractivity contribution >= 4 is 39.6 Å². The molecule has 0 aliphatic heterocycles. The fourth-order valence-electron chi connectivity index (χ4n) is 4.80. The predicted molar refractivity (Wildman–Crippen MR) is 325 cm³/mol. The van der Waals surface area contributed by atoms with E-state index in [9.17, 15) is 14.4 Å². The first-order valence-corrected chi connectivity index (χ1v) is 26.5. The molecule has 0 saturated heterocycles. The van der Waals surface area contributed by atoms with Gasteiger partial charge >= 0.3 is 56.5 Å². The summed E-state index contributed by atoms with van der Waals surface area (Å²) < 4.78 is 48.2. The van der Waals surface area contributed by atoms with Crippen LogP contribution in [-0.2, 0) is 71.1 Å². The maximum Gasteiger partial charge on any atom is 0 e. The molecule has 3 aromatic carbocycles. The number of unbranched alkanes of at least 4 members (excludes halogenated alkanes) is 2. The minimum Gasteiger partial charge on any atom is 0 e. The Hall–Kier alpha value is -6.44. The van der Waals surface area contributed by atoms with E-state index in [1.165, 1.54) is 26.2 Å². The van der Waals surface area contributed by atoms with Gasteiger partial charge in [0.05, 0.1) is 24.6 Å². The number of ketones is 3. The number of halogens is 1. The van der Waals surface area contributed by atoms with E-state index >= 15 is 0 Å². The van der Waals surface area contributed by atoms with Gasteiger partial charge in [-0.25, -0.2) is 19.7 Å². The van der Waals surface area contributed by atoms with E-state index in [0.29, 0.717) is 29.9 Å². The van der Waals surface area contributed by atoms with Gasteiger partial charge in [0.1, 0.15) is 39.3 Å². The number of alkyl halides is 1. The normalized spacial score (nSPS) is 9.52. The summed E-state index contributed by atoms with van der Waals surface area (Å²) in [5.41, 5.74) is -0.810. The molecule has 0 heterocycles. The largest absolute Gasteiger partial charge is 0 e. The summed E-state index contributed by atoms with van der Waals surface area (Å²) in [5, 5.41) is 9.81. The van der Waals surface area contributed by atoms with E-state index in [1.807, 2.05) is 90.9 Å². The zero-order valence-corrected chi connectivity index (χ0v) is 55.2. The molecule has 3 aromatic rings. The number of ether oxygens (including phenoxy) is 2. The van der Waals surface area contributed by atoms with Crippen molar-refractivity contribution in [1.29, 1.82) is 0 Å². The van der Waals surface area contributed by atoms with E-state index in [-0.39, 0.29) is 90.0 Å². The molecule has 0 aromatic heterocycles. The summed E-state index contributed by atoms with van der Waals surface area (Å²) in [6.07, 6.45) is 5.18. The number of aliphatic hydroxyl groups excluding tert-OH is 1. The van der Waals surface area contributed by atoms with Gasteiger partial charge in [0.25, 0.3) is 16.6 Å². The molecule has 0 amide bonds. The number of Topliss-reactive ketones (excluding diaryl/α,β-unsaturated/α-hetero) is 3. The number of hydrogen-bond acceptors (Lipinski definition) is 7. The summed E-state index contributed by atoms with van der Waals surface area (Å²) in [6, 6.07) is 26.8. The Balaban J connectivity index is -0.0000000662. The van der Waals surface area contributed by atoms with Gasteiger partial charge in [0.15, 0.2) is 17.3 Å². The fourth-order valence-corrected chi connectivity index (χ4v) is 5.08. The number of hydrogen-bond donors (Lipinski definition) is 1. The maximum absolute atomic E-state index is 12.1. The summed E-state index contributed by atoms with van der Waals surface area (Å²) in [7, 11) is 0. The molecule has 0 aliphatic rings. The van der Waals surface area contributed by atoms with E-state index in [0.717, 1.165) is 11.6 Å². The Morgan fingerprint density at radius 2 is 0.750 bits per heavy atom. The minimum atomic E-state index is -0.993. The van der Waals surface area contributed by atoms with Crippen LogP contribution >= 0.6 is 15.9 Å². The van der Waals surface area contributed by atoms with E-state index in [2.05, 4.69) is 113 Å². The first-order valence-electron chi connectivity index (χ1n) is 25.4. The Labute approximate surface area is 535 Å². The number of aldehydes is 1. The van der Waals surface area contributed by atoms with E-state index in [1.54, 1.807) is 83.1 Å². The average Bonchev–Trinajstić information content (AvgIpc) is 3.55. The van der Waals surface area contributed by atoms with Crippen LogP contribution in [0.5, 0.6) is 0 Å². The van der Waals surface area contributed by atoms with Gasteiger partial charge in [0, 0.05) is 71.0 Å². The third-order valence-electron chi connectivity index (χ3n) is 8.54. The van der Waals surface area contributed by atoms with Gasteiger partial charge in [-0.15, -0.1) is 17.8 Å². The molecule has 3 atom stereocenters. The van der Waals surface area contributed by atoms with Gasteiger partial charge in [0.2, 0.25) is 0 Å². The Morgan fingerprint density at radius 3 is 0.905 bits per heavy atom. The molecule has 3 rings (SSSR count). The zero-order chi connectivity index (χ0) is 66.5. The molecule has 0 fully saturated rings. The summed E-state index contributed by atoms with van der Waals surface area (Å²) >= 11 is 3.14. The zero-order valence-electron chi connectivity index (χ0n) is 51.5. The van der Waals surface area contributed by atoms with Crippen molar-refractivity contribution in [2.45, 2.75) is 159 Å². The van der Waals surface area contributed by atoms with Gasteiger partial charge in [-0.3, -0.25) is 14.4 Å². The Kier molecular flexibility index (Phi) is 121. The maximum atomic E-state index is 12.1. The number of nitrogens with zero attached hydrogens (tertiary/aromatic N) is 3. The smallest absolute Gasteiger partial charge is 0 e. The van der Waals surface area contributed by atoms with Crippen molar-refractivity contribution in [3.8, 4) is 35.5 Å². The Bertz CT molecular complexity index is 2260. The molecule has 84 heavy (non-hydrogen) atoms. The van der Waals surface area contributed by atoms with E-state index < -0.39 is 16.6 Å². The van der Waals surface area contributed by atoms with Crippen molar-refractivity contribution in [1.82, 2.24) is 0 Å². The standard InChI is InChI=1S/2C16H17NO2.C12H13NO2.C5H12.C4H5Br.C2H4O.3C2H6.5CO.2Co/c2*1-4-5-11-19-13-16(2,17-3)12-15(18)14-9-7-6-8-10-14;1-12(9-14,13-2)8-11(15)10-6-4-3-5-7-10;1-3-5-4-2;1-2-3-4-5;1-2-3;8*1-2;;/h2*6-10H,11-13H2,1-2H3;3-7,14H,8-9H2,1H3;3-5H2,1-2H3;4H2,1H3;2H,1H3;3*1-2H3;;;;;;;.